The van der Waals surface area contributed by atoms with Crippen molar-refractivity contribution in [3.05, 3.63) is 60.8 Å². The minimum absolute atomic E-state index is 0.139. The van der Waals surface area contributed by atoms with Crippen LogP contribution in [-0.4, -0.2) is 82.3 Å². The fourth-order valence-electron chi connectivity index (χ4n) is 5.06. The molecule has 0 saturated carbocycles. The first-order chi connectivity index (χ1) is 25.6. The third-order valence-electron chi connectivity index (χ3n) is 8.23. The van der Waals surface area contributed by atoms with Crippen LogP contribution in [0.2, 0.25) is 0 Å². The molecule has 9 nitrogen and oxygen atoms in total. The van der Waals surface area contributed by atoms with E-state index in [0.29, 0.717) is 17.4 Å². The number of hydrogen-bond donors (Lipinski definition) is 0. The first-order valence-electron chi connectivity index (χ1n) is 20.4. The molecule has 0 saturated heterocycles. The van der Waals surface area contributed by atoms with Gasteiger partial charge in [-0.2, -0.15) is 0 Å². The van der Waals surface area contributed by atoms with E-state index in [9.17, 15) is 19.5 Å². The van der Waals surface area contributed by atoms with E-state index in [-0.39, 0.29) is 38.6 Å². The molecular weight excluding hydrogens is 670 g/mol. The molecular formula is C44H75NO8. The smallest absolute Gasteiger partial charge is 0.306 e. The summed E-state index contributed by atoms with van der Waals surface area (Å²) >= 11 is 0. The Hall–Kier alpha value is -3.01. The molecule has 0 bridgehead atoms. The van der Waals surface area contributed by atoms with E-state index in [2.05, 4.69) is 74.6 Å². The summed E-state index contributed by atoms with van der Waals surface area (Å²) in [6.45, 7) is 4.49. The van der Waals surface area contributed by atoms with E-state index in [1.807, 2.05) is 21.1 Å². The summed E-state index contributed by atoms with van der Waals surface area (Å²) < 4.78 is 22.4. The first-order valence-corrected chi connectivity index (χ1v) is 20.4. The van der Waals surface area contributed by atoms with Crippen molar-refractivity contribution < 1.29 is 42.9 Å². The van der Waals surface area contributed by atoms with Crippen LogP contribution >= 0.6 is 0 Å². The number of carboxylic acids is 1. The lowest BCUT2D eigenvalue weighted by molar-refractivity contribution is -0.870. The van der Waals surface area contributed by atoms with Gasteiger partial charge in [-0.1, -0.05) is 120 Å². The summed E-state index contributed by atoms with van der Waals surface area (Å²) in [6.07, 6.45) is 38.2. The Kier molecular flexibility index (Phi) is 33.9. The Balaban J connectivity index is 4.56. The summed E-state index contributed by atoms with van der Waals surface area (Å²) in [4.78, 5) is 36.8. The van der Waals surface area contributed by atoms with Crippen LogP contribution in [0.4, 0.5) is 0 Å². The Morgan fingerprint density at radius 2 is 1.08 bits per heavy atom. The largest absolute Gasteiger partial charge is 0.545 e. The van der Waals surface area contributed by atoms with Crippen molar-refractivity contribution in [2.24, 2.45) is 0 Å². The molecule has 0 heterocycles. The van der Waals surface area contributed by atoms with Gasteiger partial charge in [0.25, 0.3) is 0 Å². The van der Waals surface area contributed by atoms with E-state index >= 15 is 0 Å². The van der Waals surface area contributed by atoms with Crippen molar-refractivity contribution in [2.45, 2.75) is 155 Å². The molecule has 0 aliphatic heterocycles. The van der Waals surface area contributed by atoms with Gasteiger partial charge in [-0.3, -0.25) is 9.59 Å². The number of carboxylic acid groups (broad SMARTS) is 1. The maximum atomic E-state index is 12.7. The minimum Gasteiger partial charge on any atom is -0.545 e. The maximum absolute atomic E-state index is 12.7. The zero-order valence-corrected chi connectivity index (χ0v) is 34.1. The third kappa shape index (κ3) is 37.1. The second kappa shape index (κ2) is 36.0. The van der Waals surface area contributed by atoms with Crippen molar-refractivity contribution in [3.63, 3.8) is 0 Å². The number of likely N-dealkylation sites (N-methyl/N-ethyl adjacent to an activating group) is 1. The monoisotopic (exact) mass is 746 g/mol. The number of nitrogens with zero attached hydrogens (tertiary/aromatic N) is 1. The highest BCUT2D eigenvalue weighted by molar-refractivity contribution is 5.70. The van der Waals surface area contributed by atoms with E-state index in [1.54, 1.807) is 0 Å². The molecule has 0 aromatic rings. The fourth-order valence-corrected chi connectivity index (χ4v) is 5.06. The summed E-state index contributed by atoms with van der Waals surface area (Å²) in [5, 5.41) is 11.7. The summed E-state index contributed by atoms with van der Waals surface area (Å²) in [7, 11) is 5.88. The predicted octanol–water partition coefficient (Wildman–Crippen LogP) is 8.88. The lowest BCUT2D eigenvalue weighted by Crippen LogP contribution is -2.44. The molecule has 0 aliphatic rings. The van der Waals surface area contributed by atoms with Crippen molar-refractivity contribution in [2.75, 3.05) is 47.5 Å². The zero-order chi connectivity index (χ0) is 39.3. The Bertz CT molecular complexity index is 1060. The fraction of sp³-hybridized carbons (Fsp3) is 0.705. The number of unbranched alkanes of at least 4 members (excludes halogenated alkanes) is 11. The van der Waals surface area contributed by atoms with Crippen LogP contribution in [0.3, 0.4) is 0 Å². The molecule has 53 heavy (non-hydrogen) atoms. The number of hydrogen-bond acceptors (Lipinski definition) is 8. The number of ether oxygens (including phenoxy) is 4. The Labute approximate surface area is 323 Å². The molecule has 9 heteroatoms. The standard InChI is InChI=1S/C44H75NO8/c1-6-8-10-12-14-16-18-20-21-23-25-27-29-31-33-35-42(47)53-40(39-52-44(43(48)49)50-37-36-45(3,4)5)38-51-41(46)34-32-30-28-26-24-22-19-17-15-13-11-9-7-2/h8,10-11,13-14,16-17,19-21,40,44H,6-7,9,12,15,18,22-39H2,1-5H3/b10-8-,13-11-,16-14-,19-17-,21-20-. The van der Waals surface area contributed by atoms with Gasteiger partial charge in [0.2, 0.25) is 0 Å². The molecule has 2 unspecified atom stereocenters. The average molecular weight is 746 g/mol. The molecule has 0 fully saturated rings. The van der Waals surface area contributed by atoms with Gasteiger partial charge in [-0.25, -0.2) is 0 Å². The average Bonchev–Trinajstić information content (AvgIpc) is 3.11. The Morgan fingerprint density at radius 1 is 0.585 bits per heavy atom. The van der Waals surface area contributed by atoms with Gasteiger partial charge in [-0.15, -0.1) is 0 Å². The summed E-state index contributed by atoms with van der Waals surface area (Å²) in [5.41, 5.74) is 0. The normalized spacial score (nSPS) is 13.6. The first kappa shape index (κ1) is 50.0. The number of carbonyl (C=O) groups is 3. The van der Waals surface area contributed by atoms with Crippen LogP contribution in [0.1, 0.15) is 142 Å². The molecule has 0 N–H and O–H groups in total. The van der Waals surface area contributed by atoms with Crippen molar-refractivity contribution in [1.29, 1.82) is 0 Å². The van der Waals surface area contributed by atoms with Crippen LogP contribution in [0.15, 0.2) is 60.8 Å². The molecule has 304 valence electrons. The number of allylic oxidation sites excluding steroid dienone is 10. The maximum Gasteiger partial charge on any atom is 0.306 e. The minimum atomic E-state index is -1.63. The number of aliphatic carboxylic acids is 1. The molecule has 0 aliphatic carbocycles. The second-order valence-corrected chi connectivity index (χ2v) is 14.5. The number of esters is 2. The molecule has 0 aromatic carbocycles. The van der Waals surface area contributed by atoms with E-state index in [4.69, 9.17) is 18.9 Å². The van der Waals surface area contributed by atoms with E-state index in [1.165, 1.54) is 6.42 Å². The van der Waals surface area contributed by atoms with Gasteiger partial charge < -0.3 is 33.3 Å². The molecule has 0 amide bonds. The van der Waals surface area contributed by atoms with Crippen LogP contribution in [-0.2, 0) is 33.3 Å². The zero-order valence-electron chi connectivity index (χ0n) is 34.1. The molecule has 0 radical (unpaired) electrons. The number of rotatable bonds is 36. The number of carbonyl (C=O) groups excluding carboxylic acids is 3. The van der Waals surface area contributed by atoms with Gasteiger partial charge in [-0.05, 0) is 70.6 Å². The quantitative estimate of drug-likeness (QED) is 0.0206. The highest BCUT2D eigenvalue weighted by Gasteiger charge is 2.21. The van der Waals surface area contributed by atoms with Crippen molar-refractivity contribution in [3.8, 4) is 0 Å². The molecule has 0 aromatic heterocycles. The van der Waals surface area contributed by atoms with Crippen molar-refractivity contribution >= 4 is 17.9 Å². The SMILES string of the molecule is CC/C=C\C/C=C\C/C=C\CCCCCCCC(=O)OC(COC(=O)CCCCCCC/C=C\C/C=C\CCC)COC(OCC[N+](C)(C)C)C(=O)[O-]. The third-order valence-corrected chi connectivity index (χ3v) is 8.23. The van der Waals surface area contributed by atoms with E-state index in [0.717, 1.165) is 103 Å². The van der Waals surface area contributed by atoms with Gasteiger partial charge in [0, 0.05) is 12.8 Å². The van der Waals surface area contributed by atoms with Crippen LogP contribution in [0.25, 0.3) is 0 Å². The lowest BCUT2D eigenvalue weighted by atomic mass is 10.1. The molecule has 0 rings (SSSR count). The molecule has 0 spiro atoms. The second-order valence-electron chi connectivity index (χ2n) is 14.5. The van der Waals surface area contributed by atoms with Gasteiger partial charge in [0.05, 0.1) is 40.3 Å². The topological polar surface area (TPSA) is 111 Å². The molecule has 2 atom stereocenters. The van der Waals surface area contributed by atoms with Gasteiger partial charge >= 0.3 is 11.9 Å². The number of quaternary nitrogens is 1. The van der Waals surface area contributed by atoms with Crippen LogP contribution in [0.5, 0.6) is 0 Å². The van der Waals surface area contributed by atoms with Crippen molar-refractivity contribution in [1.82, 2.24) is 0 Å². The van der Waals surface area contributed by atoms with Crippen LogP contribution < -0.4 is 5.11 Å². The highest BCUT2D eigenvalue weighted by Crippen LogP contribution is 2.12. The van der Waals surface area contributed by atoms with Gasteiger partial charge in [0.15, 0.2) is 12.4 Å². The van der Waals surface area contributed by atoms with Crippen LogP contribution in [0, 0.1) is 0 Å². The highest BCUT2D eigenvalue weighted by atomic mass is 16.7. The predicted molar refractivity (Wildman–Crippen MR) is 214 cm³/mol. The summed E-state index contributed by atoms with van der Waals surface area (Å²) in [6, 6.07) is 0. The van der Waals surface area contributed by atoms with Gasteiger partial charge in [0.1, 0.15) is 13.2 Å². The summed E-state index contributed by atoms with van der Waals surface area (Å²) in [5.74, 6) is -2.34. The Morgan fingerprint density at radius 3 is 1.60 bits per heavy atom. The van der Waals surface area contributed by atoms with E-state index < -0.39 is 24.3 Å². The lowest BCUT2D eigenvalue weighted by Gasteiger charge is -2.26.